The van der Waals surface area contributed by atoms with Crippen molar-refractivity contribution in [3.05, 3.63) is 57.6 Å². The molecule has 0 atom stereocenters. The molecule has 2 heterocycles. The van der Waals surface area contributed by atoms with Crippen molar-refractivity contribution in [3.8, 4) is 5.75 Å². The second kappa shape index (κ2) is 6.66. The lowest BCUT2D eigenvalue weighted by atomic mass is 9.94. The van der Waals surface area contributed by atoms with Crippen LogP contribution >= 0.6 is 11.6 Å². The van der Waals surface area contributed by atoms with Crippen LogP contribution in [-0.2, 0) is 19.4 Å². The van der Waals surface area contributed by atoms with E-state index in [1.54, 1.807) is 0 Å². The van der Waals surface area contributed by atoms with Crippen molar-refractivity contribution in [1.82, 2.24) is 5.32 Å². The van der Waals surface area contributed by atoms with Crippen molar-refractivity contribution in [2.24, 2.45) is 0 Å². The lowest BCUT2D eigenvalue weighted by Gasteiger charge is -2.34. The summed E-state index contributed by atoms with van der Waals surface area (Å²) < 4.78 is 6.01. The quantitative estimate of drug-likeness (QED) is 0.899. The number of hydrogen-bond donors (Lipinski definition) is 1. The summed E-state index contributed by atoms with van der Waals surface area (Å²) in [5.74, 6) is 1.03. The van der Waals surface area contributed by atoms with Gasteiger partial charge in [-0.2, -0.15) is 0 Å². The first-order valence-corrected chi connectivity index (χ1v) is 9.09. The van der Waals surface area contributed by atoms with Gasteiger partial charge in [-0.25, -0.2) is 0 Å². The van der Waals surface area contributed by atoms with E-state index >= 15 is 0 Å². The Kier molecular flexibility index (Phi) is 4.38. The van der Waals surface area contributed by atoms with Gasteiger partial charge >= 0.3 is 0 Å². The number of hydrogen-bond acceptors (Lipinski definition) is 3. The summed E-state index contributed by atoms with van der Waals surface area (Å²) in [6.45, 7) is 6.81. The van der Waals surface area contributed by atoms with Crippen LogP contribution in [0.2, 0.25) is 5.02 Å². The van der Waals surface area contributed by atoms with Gasteiger partial charge < -0.3 is 15.0 Å². The number of nitrogens with one attached hydrogen (secondary N) is 1. The number of fused-ring (bicyclic) bond motifs is 2. The van der Waals surface area contributed by atoms with Crippen LogP contribution in [0.1, 0.15) is 22.3 Å². The number of anilines is 1. The van der Waals surface area contributed by atoms with Crippen LogP contribution in [0.5, 0.6) is 5.75 Å². The summed E-state index contributed by atoms with van der Waals surface area (Å²) in [5, 5.41) is 4.33. The molecule has 1 N–H and O–H groups in total. The minimum atomic E-state index is 0.730. The second-order valence-electron chi connectivity index (χ2n) is 6.60. The Hall–Kier alpha value is -1.71. The molecule has 2 aliphatic heterocycles. The Morgan fingerprint density at radius 1 is 1.21 bits per heavy atom. The highest BCUT2D eigenvalue weighted by Crippen LogP contribution is 2.40. The molecule has 2 aliphatic rings. The first-order chi connectivity index (χ1) is 11.7. The molecule has 0 bridgehead atoms. The van der Waals surface area contributed by atoms with Gasteiger partial charge in [0.15, 0.2) is 0 Å². The Balaban J connectivity index is 1.74. The van der Waals surface area contributed by atoms with E-state index in [1.165, 1.54) is 27.9 Å². The van der Waals surface area contributed by atoms with Gasteiger partial charge in [0.25, 0.3) is 0 Å². The van der Waals surface area contributed by atoms with Gasteiger partial charge in [-0.3, -0.25) is 0 Å². The van der Waals surface area contributed by atoms with E-state index in [-0.39, 0.29) is 0 Å². The molecule has 0 unspecified atom stereocenters. The van der Waals surface area contributed by atoms with Gasteiger partial charge in [-0.05, 0) is 67.2 Å². The van der Waals surface area contributed by atoms with Gasteiger partial charge in [0.2, 0.25) is 0 Å². The Morgan fingerprint density at radius 2 is 2.04 bits per heavy atom. The average Bonchev–Trinajstić information content (AvgIpc) is 2.83. The van der Waals surface area contributed by atoms with E-state index in [9.17, 15) is 0 Å². The third kappa shape index (κ3) is 2.87. The molecule has 4 rings (SSSR count). The van der Waals surface area contributed by atoms with Crippen LogP contribution in [0.25, 0.3) is 0 Å². The second-order valence-corrected chi connectivity index (χ2v) is 7.00. The third-order valence-electron chi connectivity index (χ3n) is 5.11. The zero-order valence-corrected chi connectivity index (χ0v) is 14.8. The molecule has 4 heteroatoms. The zero-order chi connectivity index (χ0) is 16.5. The Morgan fingerprint density at radius 3 is 2.92 bits per heavy atom. The summed E-state index contributed by atoms with van der Waals surface area (Å²) >= 11 is 6.38. The molecule has 0 saturated carbocycles. The lowest BCUT2D eigenvalue weighted by molar-refractivity contribution is 0.306. The fourth-order valence-electron chi connectivity index (χ4n) is 3.89. The van der Waals surface area contributed by atoms with Crippen molar-refractivity contribution in [1.29, 1.82) is 0 Å². The van der Waals surface area contributed by atoms with Gasteiger partial charge in [0, 0.05) is 11.6 Å². The van der Waals surface area contributed by atoms with E-state index in [2.05, 4.69) is 35.3 Å². The largest absolute Gasteiger partial charge is 0.490 e. The van der Waals surface area contributed by atoms with Gasteiger partial charge in [-0.1, -0.05) is 29.8 Å². The van der Waals surface area contributed by atoms with Gasteiger partial charge in [0.05, 0.1) is 12.2 Å². The van der Waals surface area contributed by atoms with Gasteiger partial charge in [0.1, 0.15) is 12.4 Å². The Labute approximate surface area is 148 Å². The summed E-state index contributed by atoms with van der Waals surface area (Å²) in [6, 6.07) is 10.4. The van der Waals surface area contributed by atoms with Crippen LogP contribution < -0.4 is 15.0 Å². The van der Waals surface area contributed by atoms with Crippen molar-refractivity contribution in [3.63, 3.8) is 0 Å². The minimum absolute atomic E-state index is 0.730. The van der Waals surface area contributed by atoms with Crippen molar-refractivity contribution < 1.29 is 4.74 Å². The summed E-state index contributed by atoms with van der Waals surface area (Å²) in [5.41, 5.74) is 6.73. The van der Waals surface area contributed by atoms with Gasteiger partial charge in [-0.15, -0.1) is 0 Å². The SMILES string of the molecule is Cc1c2c(cc3c1N(Cc1ccccc1Cl)CCO3)CCNCC2. The molecule has 0 saturated heterocycles. The molecule has 2 aromatic carbocycles. The molecule has 0 aliphatic carbocycles. The normalized spacial score (nSPS) is 16.8. The highest BCUT2D eigenvalue weighted by Gasteiger charge is 2.25. The maximum Gasteiger partial charge on any atom is 0.143 e. The monoisotopic (exact) mass is 342 g/mol. The molecule has 24 heavy (non-hydrogen) atoms. The smallest absolute Gasteiger partial charge is 0.143 e. The van der Waals surface area contributed by atoms with Crippen molar-refractivity contribution in [2.75, 3.05) is 31.1 Å². The highest BCUT2D eigenvalue weighted by molar-refractivity contribution is 6.31. The summed E-state index contributed by atoms with van der Waals surface area (Å²) in [6.07, 6.45) is 2.17. The zero-order valence-electron chi connectivity index (χ0n) is 14.1. The number of nitrogens with zero attached hydrogens (tertiary/aromatic N) is 1. The summed E-state index contributed by atoms with van der Waals surface area (Å²) in [7, 11) is 0. The Bertz CT molecular complexity index is 760. The molecular formula is C20H23ClN2O. The van der Waals surface area contributed by atoms with Crippen LogP contribution in [0.3, 0.4) is 0 Å². The molecule has 0 spiro atoms. The molecule has 0 aromatic heterocycles. The van der Waals surface area contributed by atoms with E-state index in [4.69, 9.17) is 16.3 Å². The van der Waals surface area contributed by atoms with Crippen LogP contribution in [0.4, 0.5) is 5.69 Å². The predicted molar refractivity (Wildman–Crippen MR) is 99.5 cm³/mol. The third-order valence-corrected chi connectivity index (χ3v) is 5.48. The molecule has 0 fully saturated rings. The predicted octanol–water partition coefficient (Wildman–Crippen LogP) is 3.74. The molecule has 0 radical (unpaired) electrons. The summed E-state index contributed by atoms with van der Waals surface area (Å²) in [4.78, 5) is 2.42. The van der Waals surface area contributed by atoms with E-state index in [0.717, 1.165) is 56.4 Å². The van der Waals surface area contributed by atoms with Crippen LogP contribution in [0, 0.1) is 6.92 Å². The number of benzene rings is 2. The van der Waals surface area contributed by atoms with Crippen LogP contribution in [0.15, 0.2) is 30.3 Å². The minimum Gasteiger partial charge on any atom is -0.490 e. The van der Waals surface area contributed by atoms with E-state index in [0.29, 0.717) is 0 Å². The number of halogens is 1. The first-order valence-electron chi connectivity index (χ1n) is 8.71. The molecule has 126 valence electrons. The fraction of sp³-hybridized carbons (Fsp3) is 0.400. The van der Waals surface area contributed by atoms with Crippen molar-refractivity contribution in [2.45, 2.75) is 26.3 Å². The molecular weight excluding hydrogens is 320 g/mol. The molecule has 0 amide bonds. The lowest BCUT2D eigenvalue weighted by Crippen LogP contribution is -2.33. The molecule has 3 nitrogen and oxygen atoms in total. The van der Waals surface area contributed by atoms with Crippen LogP contribution in [-0.4, -0.2) is 26.2 Å². The molecule has 2 aromatic rings. The number of rotatable bonds is 2. The first kappa shape index (κ1) is 15.8. The maximum atomic E-state index is 6.38. The average molecular weight is 343 g/mol. The standard InChI is InChI=1S/C20H23ClN2O/c1-14-17-7-9-22-8-6-15(17)12-19-20(14)23(10-11-24-19)13-16-4-2-3-5-18(16)21/h2-5,12,22H,6-11,13H2,1H3. The maximum absolute atomic E-state index is 6.38. The topological polar surface area (TPSA) is 24.5 Å². The number of ether oxygens (including phenoxy) is 1. The highest BCUT2D eigenvalue weighted by atomic mass is 35.5. The van der Waals surface area contributed by atoms with Crippen molar-refractivity contribution >= 4 is 17.3 Å². The van der Waals surface area contributed by atoms with E-state index < -0.39 is 0 Å². The fourth-order valence-corrected chi connectivity index (χ4v) is 4.08. The van der Waals surface area contributed by atoms with E-state index in [1.807, 2.05) is 12.1 Å².